The van der Waals surface area contributed by atoms with E-state index in [4.69, 9.17) is 5.11 Å². The van der Waals surface area contributed by atoms with Crippen molar-refractivity contribution in [1.29, 1.82) is 0 Å². The molecular weight excluding hydrogens is 236 g/mol. The maximum atomic E-state index is 12.2. The minimum atomic E-state index is -0.924. The number of carboxylic acids is 1. The first-order valence-electron chi connectivity index (χ1n) is 6.47. The third-order valence-electron chi connectivity index (χ3n) is 3.96. The Morgan fingerprint density at radius 3 is 2.56 bits per heavy atom. The molecule has 102 valence electrons. The fourth-order valence-corrected chi connectivity index (χ4v) is 2.79. The first-order chi connectivity index (χ1) is 8.50. The number of likely N-dealkylation sites (tertiary alicyclic amines) is 2. The van der Waals surface area contributed by atoms with Gasteiger partial charge in [0.1, 0.15) is 6.04 Å². The summed E-state index contributed by atoms with van der Waals surface area (Å²) in [5.74, 6) is -0.813. The summed E-state index contributed by atoms with van der Waals surface area (Å²) >= 11 is 0. The van der Waals surface area contributed by atoms with Gasteiger partial charge in [-0.05, 0) is 26.2 Å². The summed E-state index contributed by atoms with van der Waals surface area (Å²) in [5.41, 5.74) is 0. The van der Waals surface area contributed by atoms with Crippen molar-refractivity contribution in [3.05, 3.63) is 0 Å². The number of hydrogen-bond donors (Lipinski definition) is 2. The molecule has 0 spiro atoms. The Balaban J connectivity index is 1.98. The number of aliphatic carboxylic acids is 1. The Hall–Kier alpha value is -1.30. The van der Waals surface area contributed by atoms with Crippen LogP contribution in [-0.4, -0.2) is 63.8 Å². The molecule has 0 bridgehead atoms. The second-order valence-corrected chi connectivity index (χ2v) is 5.21. The zero-order valence-corrected chi connectivity index (χ0v) is 10.6. The third-order valence-corrected chi connectivity index (χ3v) is 3.96. The van der Waals surface area contributed by atoms with Gasteiger partial charge < -0.3 is 20.0 Å². The molecule has 3 atom stereocenters. The second kappa shape index (κ2) is 5.14. The van der Waals surface area contributed by atoms with Gasteiger partial charge in [0.15, 0.2) is 0 Å². The fraction of sp³-hybridized carbons (Fsp3) is 0.833. The highest BCUT2D eigenvalue weighted by Gasteiger charge is 2.38. The maximum Gasteiger partial charge on any atom is 0.326 e. The fourth-order valence-electron chi connectivity index (χ4n) is 2.79. The molecule has 0 aliphatic carbocycles. The van der Waals surface area contributed by atoms with Gasteiger partial charge in [0.05, 0.1) is 6.10 Å². The van der Waals surface area contributed by atoms with Crippen molar-refractivity contribution in [3.63, 3.8) is 0 Å². The van der Waals surface area contributed by atoms with E-state index < -0.39 is 18.1 Å². The molecule has 6 nitrogen and oxygen atoms in total. The molecule has 0 aromatic heterocycles. The van der Waals surface area contributed by atoms with E-state index in [1.807, 2.05) is 0 Å². The van der Waals surface area contributed by atoms with E-state index in [2.05, 4.69) is 0 Å². The van der Waals surface area contributed by atoms with Crippen molar-refractivity contribution in [2.24, 2.45) is 5.92 Å². The lowest BCUT2D eigenvalue weighted by molar-refractivity contribution is -0.141. The first kappa shape index (κ1) is 13.1. The number of nitrogens with zero attached hydrogens (tertiary/aromatic N) is 2. The summed E-state index contributed by atoms with van der Waals surface area (Å²) in [6.07, 6.45) is 1.65. The van der Waals surface area contributed by atoms with Crippen LogP contribution in [0.25, 0.3) is 0 Å². The molecule has 0 radical (unpaired) electrons. The molecule has 0 saturated carbocycles. The molecule has 2 unspecified atom stereocenters. The predicted molar refractivity (Wildman–Crippen MR) is 64.1 cm³/mol. The summed E-state index contributed by atoms with van der Waals surface area (Å²) in [6, 6.07) is -0.869. The van der Waals surface area contributed by atoms with E-state index in [-0.39, 0.29) is 11.9 Å². The van der Waals surface area contributed by atoms with Crippen LogP contribution >= 0.6 is 0 Å². The zero-order valence-electron chi connectivity index (χ0n) is 10.6. The van der Waals surface area contributed by atoms with Crippen LogP contribution in [0.15, 0.2) is 0 Å². The van der Waals surface area contributed by atoms with Crippen molar-refractivity contribution in [2.75, 3.05) is 19.6 Å². The van der Waals surface area contributed by atoms with E-state index in [9.17, 15) is 14.7 Å². The van der Waals surface area contributed by atoms with Crippen LogP contribution in [0.1, 0.15) is 26.2 Å². The highest BCUT2D eigenvalue weighted by atomic mass is 16.4. The summed E-state index contributed by atoms with van der Waals surface area (Å²) in [7, 11) is 0. The molecule has 2 fully saturated rings. The molecule has 2 rings (SSSR count). The van der Waals surface area contributed by atoms with Gasteiger partial charge in [-0.25, -0.2) is 9.59 Å². The average Bonchev–Trinajstić information content (AvgIpc) is 2.97. The number of rotatable bonds is 2. The van der Waals surface area contributed by atoms with Crippen molar-refractivity contribution in [3.8, 4) is 0 Å². The van der Waals surface area contributed by atoms with Gasteiger partial charge in [-0.15, -0.1) is 0 Å². The van der Waals surface area contributed by atoms with Gasteiger partial charge in [-0.2, -0.15) is 0 Å². The van der Waals surface area contributed by atoms with E-state index >= 15 is 0 Å². The zero-order chi connectivity index (χ0) is 13.3. The molecule has 2 aliphatic rings. The lowest BCUT2D eigenvalue weighted by Gasteiger charge is -2.27. The van der Waals surface area contributed by atoms with E-state index in [0.29, 0.717) is 26.1 Å². The van der Waals surface area contributed by atoms with E-state index in [1.165, 1.54) is 4.90 Å². The van der Waals surface area contributed by atoms with Crippen LogP contribution in [0.2, 0.25) is 0 Å². The molecule has 2 N–H and O–H groups in total. The summed E-state index contributed by atoms with van der Waals surface area (Å²) in [5, 5.41) is 18.6. The highest BCUT2D eigenvalue weighted by Crippen LogP contribution is 2.24. The van der Waals surface area contributed by atoms with Gasteiger partial charge in [0.2, 0.25) is 0 Å². The van der Waals surface area contributed by atoms with Crippen LogP contribution in [0, 0.1) is 5.92 Å². The molecular formula is C12H20N2O4. The smallest absolute Gasteiger partial charge is 0.326 e. The van der Waals surface area contributed by atoms with Gasteiger partial charge in [0.25, 0.3) is 0 Å². The minimum Gasteiger partial charge on any atom is -0.480 e. The van der Waals surface area contributed by atoms with Crippen molar-refractivity contribution < 1.29 is 19.8 Å². The number of carbonyl (C=O) groups is 2. The monoisotopic (exact) mass is 256 g/mol. The number of aliphatic hydroxyl groups excluding tert-OH is 1. The molecule has 0 aromatic rings. The molecule has 2 heterocycles. The lowest BCUT2D eigenvalue weighted by Crippen LogP contribution is -2.47. The van der Waals surface area contributed by atoms with E-state index in [1.54, 1.807) is 11.8 Å². The largest absolute Gasteiger partial charge is 0.480 e. The molecule has 2 saturated heterocycles. The van der Waals surface area contributed by atoms with Crippen molar-refractivity contribution >= 4 is 12.0 Å². The third kappa shape index (κ3) is 2.43. The van der Waals surface area contributed by atoms with Crippen LogP contribution in [-0.2, 0) is 4.79 Å². The molecule has 2 amide bonds. The molecule has 6 heteroatoms. The van der Waals surface area contributed by atoms with E-state index in [0.717, 1.165) is 12.8 Å². The molecule has 0 aromatic carbocycles. The Bertz CT molecular complexity index is 345. The Labute approximate surface area is 106 Å². The maximum absolute atomic E-state index is 12.2. The summed E-state index contributed by atoms with van der Waals surface area (Å²) in [4.78, 5) is 26.4. The number of carbonyl (C=O) groups excluding carboxylic acids is 1. The Morgan fingerprint density at radius 2 is 2.00 bits per heavy atom. The molecule has 2 aliphatic heterocycles. The van der Waals surface area contributed by atoms with Crippen molar-refractivity contribution in [2.45, 2.75) is 38.3 Å². The number of carboxylic acid groups (broad SMARTS) is 1. The number of urea groups is 1. The van der Waals surface area contributed by atoms with Crippen LogP contribution < -0.4 is 0 Å². The van der Waals surface area contributed by atoms with Gasteiger partial charge in [-0.1, -0.05) is 0 Å². The SMILES string of the molecule is CC(O)C1CCN(C(=O)N2CCC[C@H]2C(=O)O)C1. The van der Waals surface area contributed by atoms with Crippen LogP contribution in [0.5, 0.6) is 0 Å². The van der Waals surface area contributed by atoms with Crippen LogP contribution in [0.4, 0.5) is 4.79 Å². The quantitative estimate of drug-likeness (QED) is 0.747. The van der Waals surface area contributed by atoms with Crippen LogP contribution in [0.3, 0.4) is 0 Å². The normalized spacial score (nSPS) is 29.7. The number of amides is 2. The predicted octanol–water partition coefficient (Wildman–Crippen LogP) is 0.358. The topological polar surface area (TPSA) is 81.1 Å². The Kier molecular flexibility index (Phi) is 3.75. The van der Waals surface area contributed by atoms with Gasteiger partial charge >= 0.3 is 12.0 Å². The van der Waals surface area contributed by atoms with Crippen molar-refractivity contribution in [1.82, 2.24) is 9.80 Å². The minimum absolute atomic E-state index is 0.111. The number of aliphatic hydroxyl groups is 1. The average molecular weight is 256 g/mol. The second-order valence-electron chi connectivity index (χ2n) is 5.21. The number of hydrogen-bond acceptors (Lipinski definition) is 3. The Morgan fingerprint density at radius 1 is 1.28 bits per heavy atom. The highest BCUT2D eigenvalue weighted by molar-refractivity contribution is 5.83. The summed E-state index contributed by atoms with van der Waals surface area (Å²) in [6.45, 7) is 3.39. The standard InChI is InChI=1S/C12H20N2O4/c1-8(15)9-4-6-13(7-9)12(18)14-5-2-3-10(14)11(16)17/h8-10,15H,2-7H2,1H3,(H,16,17)/t8?,9?,10-/m0/s1. The lowest BCUT2D eigenvalue weighted by atomic mass is 10.0. The van der Waals surface area contributed by atoms with Gasteiger partial charge in [0, 0.05) is 25.6 Å². The summed E-state index contributed by atoms with van der Waals surface area (Å²) < 4.78 is 0. The first-order valence-corrected chi connectivity index (χ1v) is 6.47. The van der Waals surface area contributed by atoms with Gasteiger partial charge in [-0.3, -0.25) is 0 Å². The molecule has 18 heavy (non-hydrogen) atoms.